The minimum Gasteiger partial charge on any atom is -0.382 e. The molecule has 0 aliphatic rings. The van der Waals surface area contributed by atoms with Crippen LogP contribution in [0.25, 0.3) is 0 Å². The van der Waals surface area contributed by atoms with E-state index in [1.165, 1.54) is 29.6 Å². The van der Waals surface area contributed by atoms with Gasteiger partial charge in [-0.1, -0.05) is 29.8 Å². The van der Waals surface area contributed by atoms with Crippen molar-refractivity contribution in [2.45, 2.75) is 11.8 Å². The number of benzene rings is 2. The number of halogens is 1. The van der Waals surface area contributed by atoms with E-state index in [9.17, 15) is 13.2 Å². The van der Waals surface area contributed by atoms with Crippen LogP contribution in [-0.2, 0) is 24.3 Å². The Morgan fingerprint density at radius 1 is 1.14 bits per heavy atom. The standard InChI is InChI=1S/C19H23ClN2O5S/c1-3-22(16-7-5-4-6-8-16)28(24,25)18-13-15(9-10-17(18)20)21-19(23)14-27-12-11-26-2/h4-10,13H,3,11-12,14H2,1-2H3,(H,21,23). The number of nitrogens with one attached hydrogen (secondary N) is 1. The van der Waals surface area contributed by atoms with Gasteiger partial charge in [0.15, 0.2) is 0 Å². The molecule has 0 spiro atoms. The first kappa shape index (κ1) is 22.2. The van der Waals surface area contributed by atoms with Crippen molar-refractivity contribution in [1.29, 1.82) is 0 Å². The summed E-state index contributed by atoms with van der Waals surface area (Å²) >= 11 is 6.17. The molecule has 1 amide bonds. The Bertz CT molecular complexity index is 890. The summed E-state index contributed by atoms with van der Waals surface area (Å²) in [6.45, 7) is 2.46. The summed E-state index contributed by atoms with van der Waals surface area (Å²) in [7, 11) is -2.38. The smallest absolute Gasteiger partial charge is 0.265 e. The number of carbonyl (C=O) groups excluding carboxylic acids is 1. The normalized spacial score (nSPS) is 11.2. The fourth-order valence-corrected chi connectivity index (χ4v) is 4.46. The Morgan fingerprint density at radius 3 is 2.50 bits per heavy atom. The predicted molar refractivity (Wildman–Crippen MR) is 109 cm³/mol. The molecule has 0 aromatic heterocycles. The molecule has 152 valence electrons. The molecule has 0 radical (unpaired) electrons. The van der Waals surface area contributed by atoms with Gasteiger partial charge in [-0.05, 0) is 37.3 Å². The number of hydrogen-bond donors (Lipinski definition) is 1. The van der Waals surface area contributed by atoms with Crippen LogP contribution in [-0.4, -0.2) is 47.8 Å². The van der Waals surface area contributed by atoms with E-state index in [-0.39, 0.29) is 29.7 Å². The second kappa shape index (κ2) is 10.4. The monoisotopic (exact) mass is 426 g/mol. The molecular weight excluding hydrogens is 404 g/mol. The number of sulfonamides is 1. The van der Waals surface area contributed by atoms with Gasteiger partial charge in [0.1, 0.15) is 11.5 Å². The highest BCUT2D eigenvalue weighted by molar-refractivity contribution is 7.93. The van der Waals surface area contributed by atoms with Gasteiger partial charge in [-0.25, -0.2) is 8.42 Å². The zero-order valence-corrected chi connectivity index (χ0v) is 17.3. The van der Waals surface area contributed by atoms with Crippen LogP contribution in [0.4, 0.5) is 11.4 Å². The average Bonchev–Trinajstić information content (AvgIpc) is 2.68. The van der Waals surface area contributed by atoms with Crippen molar-refractivity contribution < 1.29 is 22.7 Å². The Kier molecular flexibility index (Phi) is 8.25. The molecule has 0 unspecified atom stereocenters. The third-order valence-corrected chi connectivity index (χ3v) is 6.16. The molecule has 0 atom stereocenters. The zero-order valence-electron chi connectivity index (χ0n) is 15.7. The first-order chi connectivity index (χ1) is 13.4. The molecule has 0 aliphatic heterocycles. The number of para-hydroxylation sites is 1. The van der Waals surface area contributed by atoms with Crippen LogP contribution in [0.5, 0.6) is 0 Å². The number of anilines is 2. The van der Waals surface area contributed by atoms with Crippen LogP contribution in [0.2, 0.25) is 5.02 Å². The SMILES string of the molecule is CCN(c1ccccc1)S(=O)(=O)c1cc(NC(=O)COCCOC)ccc1Cl. The second-order valence-electron chi connectivity index (χ2n) is 5.74. The number of ether oxygens (including phenoxy) is 2. The highest BCUT2D eigenvalue weighted by Crippen LogP contribution is 2.30. The molecule has 0 fully saturated rings. The van der Waals surface area contributed by atoms with Gasteiger partial charge in [0, 0.05) is 19.3 Å². The van der Waals surface area contributed by atoms with Crippen molar-refractivity contribution >= 4 is 38.9 Å². The maximum absolute atomic E-state index is 13.2. The van der Waals surface area contributed by atoms with Crippen LogP contribution in [0, 0.1) is 0 Å². The van der Waals surface area contributed by atoms with E-state index in [4.69, 9.17) is 21.1 Å². The van der Waals surface area contributed by atoms with Crippen molar-refractivity contribution in [3.8, 4) is 0 Å². The number of rotatable bonds is 10. The molecule has 0 aliphatic carbocycles. The highest BCUT2D eigenvalue weighted by Gasteiger charge is 2.26. The number of amides is 1. The molecule has 0 saturated carbocycles. The van der Waals surface area contributed by atoms with Gasteiger partial charge in [-0.3, -0.25) is 9.10 Å². The van der Waals surface area contributed by atoms with E-state index in [2.05, 4.69) is 5.32 Å². The Hall–Kier alpha value is -2.13. The van der Waals surface area contributed by atoms with Crippen molar-refractivity contribution in [2.24, 2.45) is 0 Å². The minimum atomic E-state index is -3.92. The largest absolute Gasteiger partial charge is 0.382 e. The maximum Gasteiger partial charge on any atom is 0.265 e. The van der Waals surface area contributed by atoms with Gasteiger partial charge in [-0.2, -0.15) is 0 Å². The molecule has 0 bridgehead atoms. The summed E-state index contributed by atoms with van der Waals surface area (Å²) in [5, 5.41) is 2.68. The third kappa shape index (κ3) is 5.68. The molecular formula is C19H23ClN2O5S. The fourth-order valence-electron chi connectivity index (χ4n) is 2.49. The molecule has 2 rings (SSSR count). The fraction of sp³-hybridized carbons (Fsp3) is 0.316. The maximum atomic E-state index is 13.2. The van der Waals surface area contributed by atoms with Crippen molar-refractivity contribution in [3.05, 3.63) is 53.6 Å². The topological polar surface area (TPSA) is 84.9 Å². The third-order valence-electron chi connectivity index (χ3n) is 3.78. The first-order valence-electron chi connectivity index (χ1n) is 8.64. The van der Waals surface area contributed by atoms with Crippen LogP contribution in [0.3, 0.4) is 0 Å². The van der Waals surface area contributed by atoms with Crippen molar-refractivity contribution in [3.63, 3.8) is 0 Å². The molecule has 7 nitrogen and oxygen atoms in total. The predicted octanol–water partition coefficient (Wildman–Crippen LogP) is 3.16. The Balaban J connectivity index is 2.23. The van der Waals surface area contributed by atoms with E-state index < -0.39 is 15.9 Å². The van der Waals surface area contributed by atoms with E-state index >= 15 is 0 Å². The summed E-state index contributed by atoms with van der Waals surface area (Å²) in [6.07, 6.45) is 0. The van der Waals surface area contributed by atoms with Crippen molar-refractivity contribution in [2.75, 3.05) is 43.1 Å². The number of carbonyl (C=O) groups is 1. The van der Waals surface area contributed by atoms with Gasteiger partial charge >= 0.3 is 0 Å². The lowest BCUT2D eigenvalue weighted by Crippen LogP contribution is -2.31. The number of methoxy groups -OCH3 is 1. The molecule has 2 aromatic rings. The summed E-state index contributed by atoms with van der Waals surface area (Å²) in [5.41, 5.74) is 0.842. The van der Waals surface area contributed by atoms with E-state index in [0.29, 0.717) is 18.0 Å². The second-order valence-corrected chi connectivity index (χ2v) is 7.98. The van der Waals surface area contributed by atoms with Crippen LogP contribution >= 0.6 is 11.6 Å². The van der Waals surface area contributed by atoms with Crippen molar-refractivity contribution in [1.82, 2.24) is 0 Å². The lowest BCUT2D eigenvalue weighted by atomic mass is 10.3. The molecule has 2 aromatic carbocycles. The summed E-state index contributed by atoms with van der Waals surface area (Å²) in [4.78, 5) is 11.9. The van der Waals surface area contributed by atoms with E-state index in [1.54, 1.807) is 31.2 Å². The van der Waals surface area contributed by atoms with Gasteiger partial charge in [0.2, 0.25) is 5.91 Å². The summed E-state index contributed by atoms with van der Waals surface area (Å²) in [6, 6.07) is 13.1. The first-order valence-corrected chi connectivity index (χ1v) is 10.5. The number of nitrogens with zero attached hydrogens (tertiary/aromatic N) is 1. The van der Waals surface area contributed by atoms with Gasteiger partial charge in [-0.15, -0.1) is 0 Å². The number of hydrogen-bond acceptors (Lipinski definition) is 5. The van der Waals surface area contributed by atoms with Crippen LogP contribution < -0.4 is 9.62 Å². The molecule has 28 heavy (non-hydrogen) atoms. The molecule has 1 N–H and O–H groups in total. The zero-order chi connectivity index (χ0) is 20.6. The molecule has 9 heteroatoms. The van der Waals surface area contributed by atoms with E-state index in [0.717, 1.165) is 0 Å². The van der Waals surface area contributed by atoms with Crippen LogP contribution in [0.15, 0.2) is 53.4 Å². The lowest BCUT2D eigenvalue weighted by molar-refractivity contribution is -0.121. The summed E-state index contributed by atoms with van der Waals surface area (Å²) < 4.78 is 37.6. The molecule has 0 saturated heterocycles. The van der Waals surface area contributed by atoms with Gasteiger partial charge in [0.05, 0.1) is 23.9 Å². The highest BCUT2D eigenvalue weighted by atomic mass is 35.5. The molecule has 0 heterocycles. The quantitative estimate of drug-likeness (QED) is 0.590. The van der Waals surface area contributed by atoms with E-state index in [1.807, 2.05) is 6.07 Å². The summed E-state index contributed by atoms with van der Waals surface area (Å²) in [5.74, 6) is -0.405. The van der Waals surface area contributed by atoms with Crippen LogP contribution in [0.1, 0.15) is 6.92 Å². The lowest BCUT2D eigenvalue weighted by Gasteiger charge is -2.23. The Labute approximate surface area is 170 Å². The minimum absolute atomic E-state index is 0.0729. The van der Waals surface area contributed by atoms with Gasteiger partial charge < -0.3 is 14.8 Å². The average molecular weight is 427 g/mol. The Morgan fingerprint density at radius 2 is 1.86 bits per heavy atom. The van der Waals surface area contributed by atoms with Gasteiger partial charge in [0.25, 0.3) is 10.0 Å².